The molecule has 1 aliphatic rings. The average Bonchev–Trinajstić information content (AvgIpc) is 3.08. The highest BCUT2D eigenvalue weighted by molar-refractivity contribution is 5.76. The van der Waals surface area contributed by atoms with Gasteiger partial charge in [-0.2, -0.15) is 0 Å². The molecule has 0 saturated heterocycles. The first-order chi connectivity index (χ1) is 10.2. The molecule has 3 aromatic heterocycles. The van der Waals surface area contributed by atoms with Gasteiger partial charge in [0.05, 0.1) is 11.7 Å². The maximum absolute atomic E-state index is 6.33. The Morgan fingerprint density at radius 3 is 2.95 bits per heavy atom. The van der Waals surface area contributed by atoms with Gasteiger partial charge in [-0.3, -0.25) is 0 Å². The molecular weight excluding hydrogens is 264 g/mol. The summed E-state index contributed by atoms with van der Waals surface area (Å²) in [4.78, 5) is 16.9. The maximum atomic E-state index is 6.33. The Morgan fingerprint density at radius 1 is 1.38 bits per heavy atom. The number of aromatic nitrogens is 5. The first-order valence-corrected chi connectivity index (χ1v) is 7.37. The third kappa shape index (κ3) is 1.79. The quantitative estimate of drug-likeness (QED) is 0.771. The number of fused-ring (bicyclic) bond motifs is 1. The lowest BCUT2D eigenvalue weighted by molar-refractivity contribution is 0.240. The molecule has 0 amide bonds. The summed E-state index contributed by atoms with van der Waals surface area (Å²) in [5, 5.41) is 0. The van der Waals surface area contributed by atoms with E-state index in [0.717, 1.165) is 47.9 Å². The lowest BCUT2D eigenvalue weighted by Crippen LogP contribution is -2.44. The molecule has 21 heavy (non-hydrogen) atoms. The number of rotatable bonds is 3. The van der Waals surface area contributed by atoms with Crippen molar-refractivity contribution >= 4 is 11.2 Å². The van der Waals surface area contributed by atoms with Crippen LogP contribution in [0.1, 0.15) is 32.0 Å². The molecule has 6 nitrogen and oxygen atoms in total. The van der Waals surface area contributed by atoms with Crippen LogP contribution in [0.5, 0.6) is 0 Å². The van der Waals surface area contributed by atoms with E-state index in [0.29, 0.717) is 0 Å². The molecule has 108 valence electrons. The zero-order chi connectivity index (χ0) is 14.4. The van der Waals surface area contributed by atoms with E-state index >= 15 is 0 Å². The number of aryl methyl sites for hydroxylation is 1. The van der Waals surface area contributed by atoms with Crippen LogP contribution in [0.25, 0.3) is 22.7 Å². The number of nitrogens with one attached hydrogen (secondary N) is 1. The van der Waals surface area contributed by atoms with E-state index in [-0.39, 0.29) is 5.54 Å². The average molecular weight is 282 g/mol. The molecule has 0 spiro atoms. The predicted octanol–water partition coefficient (Wildman–Crippen LogP) is 2.18. The SMILES string of the molecule is CCn1c(-c2cnc(C3(N)CCC3)[nH]2)nc2cccnc21. The molecule has 0 unspecified atom stereocenters. The van der Waals surface area contributed by atoms with Gasteiger partial charge < -0.3 is 15.3 Å². The van der Waals surface area contributed by atoms with Gasteiger partial charge in [-0.15, -0.1) is 0 Å². The van der Waals surface area contributed by atoms with Crippen LogP contribution >= 0.6 is 0 Å². The van der Waals surface area contributed by atoms with Gasteiger partial charge in [-0.25, -0.2) is 15.0 Å². The highest BCUT2D eigenvalue weighted by Crippen LogP contribution is 2.37. The molecule has 0 atom stereocenters. The number of H-pyrrole nitrogens is 1. The summed E-state index contributed by atoms with van der Waals surface area (Å²) in [6.07, 6.45) is 6.78. The monoisotopic (exact) mass is 282 g/mol. The number of imidazole rings is 2. The van der Waals surface area contributed by atoms with Crippen molar-refractivity contribution in [3.05, 3.63) is 30.4 Å². The van der Waals surface area contributed by atoms with Gasteiger partial charge in [0.2, 0.25) is 0 Å². The van der Waals surface area contributed by atoms with Crippen molar-refractivity contribution in [2.75, 3.05) is 0 Å². The molecule has 0 radical (unpaired) electrons. The first-order valence-electron chi connectivity index (χ1n) is 7.37. The molecule has 0 aromatic carbocycles. The smallest absolute Gasteiger partial charge is 0.160 e. The first kappa shape index (κ1) is 12.5. The van der Waals surface area contributed by atoms with Crippen LogP contribution in [0.2, 0.25) is 0 Å². The molecule has 1 saturated carbocycles. The van der Waals surface area contributed by atoms with E-state index in [1.54, 1.807) is 6.20 Å². The van der Waals surface area contributed by atoms with Crippen LogP contribution in [-0.4, -0.2) is 24.5 Å². The molecule has 6 heteroatoms. The van der Waals surface area contributed by atoms with E-state index < -0.39 is 0 Å². The fourth-order valence-electron chi connectivity index (χ4n) is 2.95. The Hall–Kier alpha value is -2.21. The lowest BCUT2D eigenvalue weighted by atomic mass is 9.77. The molecule has 0 bridgehead atoms. The molecule has 0 aliphatic heterocycles. The minimum Gasteiger partial charge on any atom is -0.338 e. The maximum Gasteiger partial charge on any atom is 0.160 e. The Morgan fingerprint density at radius 2 is 2.24 bits per heavy atom. The van der Waals surface area contributed by atoms with Crippen molar-refractivity contribution in [2.24, 2.45) is 5.73 Å². The normalized spacial score (nSPS) is 17.0. The summed E-state index contributed by atoms with van der Waals surface area (Å²) >= 11 is 0. The van der Waals surface area contributed by atoms with Gasteiger partial charge in [0, 0.05) is 12.7 Å². The number of nitrogens with zero attached hydrogens (tertiary/aromatic N) is 4. The Kier molecular flexibility index (Phi) is 2.62. The second kappa shape index (κ2) is 4.39. The molecule has 3 aromatic rings. The lowest BCUT2D eigenvalue weighted by Gasteiger charge is -2.35. The Bertz CT molecular complexity index is 795. The van der Waals surface area contributed by atoms with Gasteiger partial charge in [-0.1, -0.05) is 0 Å². The fourth-order valence-corrected chi connectivity index (χ4v) is 2.95. The molecular formula is C15H18N6. The molecule has 4 rings (SSSR count). The second-order valence-corrected chi connectivity index (χ2v) is 5.68. The van der Waals surface area contributed by atoms with Gasteiger partial charge in [-0.05, 0) is 38.3 Å². The van der Waals surface area contributed by atoms with Crippen LogP contribution in [-0.2, 0) is 12.1 Å². The van der Waals surface area contributed by atoms with Crippen molar-refractivity contribution < 1.29 is 0 Å². The summed E-state index contributed by atoms with van der Waals surface area (Å²) in [6, 6.07) is 3.88. The highest BCUT2D eigenvalue weighted by atomic mass is 15.1. The largest absolute Gasteiger partial charge is 0.338 e. The molecule has 1 aliphatic carbocycles. The summed E-state index contributed by atoms with van der Waals surface area (Å²) in [7, 11) is 0. The Labute approximate surface area is 122 Å². The van der Waals surface area contributed by atoms with Crippen molar-refractivity contribution in [1.82, 2.24) is 24.5 Å². The number of aromatic amines is 1. The molecule has 3 heterocycles. The van der Waals surface area contributed by atoms with E-state index in [9.17, 15) is 0 Å². The number of hydrogen-bond acceptors (Lipinski definition) is 4. The number of nitrogens with two attached hydrogens (primary N) is 1. The number of pyridine rings is 1. The fraction of sp³-hybridized carbons (Fsp3) is 0.400. The minimum absolute atomic E-state index is 0.278. The van der Waals surface area contributed by atoms with Crippen LogP contribution in [0.3, 0.4) is 0 Å². The Balaban J connectivity index is 1.83. The third-order valence-electron chi connectivity index (χ3n) is 4.35. The molecule has 1 fully saturated rings. The minimum atomic E-state index is -0.278. The van der Waals surface area contributed by atoms with Gasteiger partial charge in [0.15, 0.2) is 11.5 Å². The summed E-state index contributed by atoms with van der Waals surface area (Å²) < 4.78 is 2.09. The van der Waals surface area contributed by atoms with Crippen LogP contribution in [0.15, 0.2) is 24.5 Å². The van der Waals surface area contributed by atoms with Crippen molar-refractivity contribution in [1.29, 1.82) is 0 Å². The van der Waals surface area contributed by atoms with Crippen LogP contribution < -0.4 is 5.73 Å². The predicted molar refractivity (Wildman–Crippen MR) is 80.5 cm³/mol. The molecule has 3 N–H and O–H groups in total. The topological polar surface area (TPSA) is 85.4 Å². The zero-order valence-corrected chi connectivity index (χ0v) is 12.0. The van der Waals surface area contributed by atoms with Crippen molar-refractivity contribution in [3.63, 3.8) is 0 Å². The van der Waals surface area contributed by atoms with Gasteiger partial charge >= 0.3 is 0 Å². The van der Waals surface area contributed by atoms with Crippen molar-refractivity contribution in [3.8, 4) is 11.5 Å². The zero-order valence-electron chi connectivity index (χ0n) is 12.0. The number of hydrogen-bond donors (Lipinski definition) is 2. The summed E-state index contributed by atoms with van der Waals surface area (Å²) in [6.45, 7) is 2.90. The van der Waals surface area contributed by atoms with Crippen LogP contribution in [0.4, 0.5) is 0 Å². The van der Waals surface area contributed by atoms with E-state index in [2.05, 4.69) is 31.4 Å². The second-order valence-electron chi connectivity index (χ2n) is 5.68. The summed E-state index contributed by atoms with van der Waals surface area (Å²) in [5.41, 5.74) is 8.75. The van der Waals surface area contributed by atoms with Crippen LogP contribution in [0, 0.1) is 0 Å². The van der Waals surface area contributed by atoms with Gasteiger partial charge in [0.25, 0.3) is 0 Å². The third-order valence-corrected chi connectivity index (χ3v) is 4.35. The van der Waals surface area contributed by atoms with Crippen molar-refractivity contribution in [2.45, 2.75) is 38.3 Å². The summed E-state index contributed by atoms with van der Waals surface area (Å²) in [5.74, 6) is 1.74. The van der Waals surface area contributed by atoms with E-state index in [1.807, 2.05) is 18.3 Å². The standard InChI is InChI=1S/C15H18N6/c1-2-21-12-10(5-3-8-17-12)19-13(21)11-9-18-14(20-11)15(16)6-4-7-15/h3,5,8-9H,2,4,6-7,16H2,1H3,(H,18,20). The van der Waals surface area contributed by atoms with E-state index in [4.69, 9.17) is 5.73 Å². The highest BCUT2D eigenvalue weighted by Gasteiger charge is 2.37. The van der Waals surface area contributed by atoms with Gasteiger partial charge in [0.1, 0.15) is 17.0 Å². The van der Waals surface area contributed by atoms with E-state index in [1.165, 1.54) is 6.42 Å².